The molecule has 0 amide bonds. The van der Waals surface area contributed by atoms with Gasteiger partial charge < -0.3 is 15.8 Å². The molecule has 1 aromatic heterocycles. The Kier molecular flexibility index (Phi) is 2.85. The van der Waals surface area contributed by atoms with Crippen molar-refractivity contribution < 1.29 is 4.74 Å². The van der Waals surface area contributed by atoms with Crippen LogP contribution in [-0.4, -0.2) is 34.7 Å². The first-order valence-electron chi connectivity index (χ1n) is 6.73. The van der Waals surface area contributed by atoms with E-state index in [1.165, 1.54) is 6.33 Å². The standard InChI is InChI=1S/C14H14ClN5O/c15-10-2-8(11-14(4-17-11)5-21-6-14)1-9(3-10)12-18-7-19-13(16)20-12/h1-3,7,11,17H,4-6H2,(H2,16,18,19,20). The molecule has 2 aliphatic heterocycles. The number of nitrogen functional groups attached to an aromatic ring is 1. The SMILES string of the molecule is Nc1ncnc(-c2cc(Cl)cc(C3NCC34COC4)c2)n1. The van der Waals surface area contributed by atoms with Gasteiger partial charge in [0.15, 0.2) is 5.82 Å². The summed E-state index contributed by atoms with van der Waals surface area (Å²) in [4.78, 5) is 12.1. The van der Waals surface area contributed by atoms with E-state index >= 15 is 0 Å². The summed E-state index contributed by atoms with van der Waals surface area (Å²) in [5.41, 5.74) is 7.81. The highest BCUT2D eigenvalue weighted by Gasteiger charge is 2.53. The van der Waals surface area contributed by atoms with E-state index in [1.807, 2.05) is 12.1 Å². The summed E-state index contributed by atoms with van der Waals surface area (Å²) in [7, 11) is 0. The molecule has 0 saturated carbocycles. The second-order valence-electron chi connectivity index (χ2n) is 5.61. The summed E-state index contributed by atoms with van der Waals surface area (Å²) in [5.74, 6) is 0.733. The summed E-state index contributed by atoms with van der Waals surface area (Å²) in [6, 6.07) is 6.13. The highest BCUT2D eigenvalue weighted by molar-refractivity contribution is 6.30. The molecule has 108 valence electrons. The van der Waals surface area contributed by atoms with Gasteiger partial charge in [0.05, 0.1) is 13.2 Å². The van der Waals surface area contributed by atoms with Crippen molar-refractivity contribution in [1.82, 2.24) is 20.3 Å². The predicted octanol–water partition coefficient (Wildman–Crippen LogP) is 1.44. The molecule has 3 heterocycles. The van der Waals surface area contributed by atoms with Crippen molar-refractivity contribution in [2.24, 2.45) is 5.41 Å². The Balaban J connectivity index is 1.73. The normalized spacial score (nSPS) is 22.6. The van der Waals surface area contributed by atoms with E-state index in [9.17, 15) is 0 Å². The number of benzene rings is 1. The lowest BCUT2D eigenvalue weighted by atomic mass is 9.69. The van der Waals surface area contributed by atoms with Gasteiger partial charge in [-0.15, -0.1) is 0 Å². The third-order valence-electron chi connectivity index (χ3n) is 4.15. The average molecular weight is 304 g/mol. The Hall–Kier alpha value is -1.76. The number of hydrogen-bond donors (Lipinski definition) is 2. The lowest BCUT2D eigenvalue weighted by Crippen LogP contribution is -2.65. The van der Waals surface area contributed by atoms with E-state index in [4.69, 9.17) is 22.1 Å². The smallest absolute Gasteiger partial charge is 0.223 e. The fraction of sp³-hybridized carbons (Fsp3) is 0.357. The molecule has 2 aliphatic rings. The highest BCUT2D eigenvalue weighted by atomic mass is 35.5. The van der Waals surface area contributed by atoms with Crippen LogP contribution in [0, 0.1) is 5.41 Å². The molecule has 0 radical (unpaired) electrons. The summed E-state index contributed by atoms with van der Waals surface area (Å²) < 4.78 is 5.37. The van der Waals surface area contributed by atoms with Crippen LogP contribution < -0.4 is 11.1 Å². The minimum absolute atomic E-state index is 0.201. The van der Waals surface area contributed by atoms with Crippen LogP contribution in [0.3, 0.4) is 0 Å². The zero-order valence-corrected chi connectivity index (χ0v) is 12.0. The van der Waals surface area contributed by atoms with Crippen LogP contribution in [-0.2, 0) is 4.74 Å². The van der Waals surface area contributed by atoms with E-state index in [1.54, 1.807) is 0 Å². The lowest BCUT2D eigenvalue weighted by Gasteiger charge is -2.56. The van der Waals surface area contributed by atoms with Gasteiger partial charge in [-0.1, -0.05) is 11.6 Å². The summed E-state index contributed by atoms with van der Waals surface area (Å²) in [6.07, 6.45) is 1.40. The van der Waals surface area contributed by atoms with Gasteiger partial charge in [-0.2, -0.15) is 4.98 Å². The van der Waals surface area contributed by atoms with Crippen LogP contribution >= 0.6 is 11.6 Å². The zero-order valence-electron chi connectivity index (χ0n) is 11.2. The Morgan fingerprint density at radius 2 is 2.14 bits per heavy atom. The average Bonchev–Trinajstić information content (AvgIpc) is 2.35. The van der Waals surface area contributed by atoms with E-state index in [0.29, 0.717) is 10.8 Å². The first-order chi connectivity index (χ1) is 10.2. The number of ether oxygens (including phenoxy) is 1. The van der Waals surface area contributed by atoms with Crippen molar-refractivity contribution in [3.05, 3.63) is 35.1 Å². The third kappa shape index (κ3) is 2.07. The van der Waals surface area contributed by atoms with Crippen LogP contribution in [0.1, 0.15) is 11.6 Å². The lowest BCUT2D eigenvalue weighted by molar-refractivity contribution is -0.170. The van der Waals surface area contributed by atoms with Crippen molar-refractivity contribution in [2.45, 2.75) is 6.04 Å². The summed E-state index contributed by atoms with van der Waals surface area (Å²) >= 11 is 6.26. The van der Waals surface area contributed by atoms with Crippen LogP contribution in [0.25, 0.3) is 11.4 Å². The molecule has 21 heavy (non-hydrogen) atoms. The van der Waals surface area contributed by atoms with Crippen LogP contribution in [0.2, 0.25) is 5.02 Å². The van der Waals surface area contributed by atoms with Crippen molar-refractivity contribution >= 4 is 17.5 Å². The molecule has 1 aromatic carbocycles. The highest BCUT2D eigenvalue weighted by Crippen LogP contribution is 2.47. The zero-order chi connectivity index (χ0) is 14.4. The van der Waals surface area contributed by atoms with Gasteiger partial charge in [0.25, 0.3) is 0 Å². The molecule has 1 unspecified atom stereocenters. The van der Waals surface area contributed by atoms with Crippen LogP contribution in [0.15, 0.2) is 24.5 Å². The fourth-order valence-electron chi connectivity index (χ4n) is 2.95. The molecule has 0 aliphatic carbocycles. The van der Waals surface area contributed by atoms with Gasteiger partial charge in [0.2, 0.25) is 5.95 Å². The maximum Gasteiger partial charge on any atom is 0.223 e. The molecule has 3 N–H and O–H groups in total. The molecule has 7 heteroatoms. The number of rotatable bonds is 2. The van der Waals surface area contributed by atoms with Crippen LogP contribution in [0.4, 0.5) is 5.95 Å². The molecule has 2 fully saturated rings. The number of hydrogen-bond acceptors (Lipinski definition) is 6. The Morgan fingerprint density at radius 3 is 2.76 bits per heavy atom. The Bertz CT molecular complexity index is 698. The third-order valence-corrected chi connectivity index (χ3v) is 4.37. The number of anilines is 1. The molecule has 2 aromatic rings. The van der Waals surface area contributed by atoms with E-state index in [2.05, 4.69) is 26.3 Å². The van der Waals surface area contributed by atoms with Crippen molar-refractivity contribution in [2.75, 3.05) is 25.5 Å². The van der Waals surface area contributed by atoms with Crippen molar-refractivity contribution in [1.29, 1.82) is 0 Å². The van der Waals surface area contributed by atoms with Crippen molar-refractivity contribution in [3.8, 4) is 11.4 Å². The number of nitrogens with zero attached hydrogens (tertiary/aromatic N) is 3. The molecule has 1 spiro atoms. The summed E-state index contributed by atoms with van der Waals surface area (Å²) in [5, 5.41) is 4.11. The Labute approximate surface area is 126 Å². The molecule has 4 rings (SSSR count). The molecular weight excluding hydrogens is 290 g/mol. The molecule has 0 bridgehead atoms. The predicted molar refractivity (Wildman–Crippen MR) is 78.7 cm³/mol. The topological polar surface area (TPSA) is 86.0 Å². The van der Waals surface area contributed by atoms with E-state index < -0.39 is 0 Å². The molecule has 6 nitrogen and oxygen atoms in total. The largest absolute Gasteiger partial charge is 0.380 e. The maximum absolute atomic E-state index is 6.26. The van der Waals surface area contributed by atoms with E-state index in [-0.39, 0.29) is 17.4 Å². The Morgan fingerprint density at radius 1 is 1.29 bits per heavy atom. The minimum Gasteiger partial charge on any atom is -0.380 e. The van der Waals surface area contributed by atoms with Crippen molar-refractivity contribution in [3.63, 3.8) is 0 Å². The monoisotopic (exact) mass is 303 g/mol. The van der Waals surface area contributed by atoms with Crippen LogP contribution in [0.5, 0.6) is 0 Å². The first kappa shape index (κ1) is 12.9. The van der Waals surface area contributed by atoms with Gasteiger partial charge in [-0.25, -0.2) is 9.97 Å². The molecule has 2 saturated heterocycles. The van der Waals surface area contributed by atoms with Gasteiger partial charge in [-0.3, -0.25) is 0 Å². The molecular formula is C14H14ClN5O. The fourth-order valence-corrected chi connectivity index (χ4v) is 3.20. The minimum atomic E-state index is 0.201. The van der Waals surface area contributed by atoms with Gasteiger partial charge in [-0.05, 0) is 23.8 Å². The number of nitrogens with two attached hydrogens (primary N) is 1. The quantitative estimate of drug-likeness (QED) is 0.873. The van der Waals surface area contributed by atoms with Gasteiger partial charge in [0, 0.05) is 28.6 Å². The first-order valence-corrected chi connectivity index (χ1v) is 7.11. The molecule has 1 atom stereocenters. The van der Waals surface area contributed by atoms with Gasteiger partial charge >= 0.3 is 0 Å². The second-order valence-corrected chi connectivity index (χ2v) is 6.05. The van der Waals surface area contributed by atoms with E-state index in [0.717, 1.165) is 30.9 Å². The number of nitrogens with one attached hydrogen (secondary N) is 1. The van der Waals surface area contributed by atoms with Gasteiger partial charge in [0.1, 0.15) is 6.33 Å². The maximum atomic E-state index is 6.26. The number of halogens is 1. The summed E-state index contributed by atoms with van der Waals surface area (Å²) in [6.45, 7) is 2.58. The number of aromatic nitrogens is 3. The second kappa shape index (κ2) is 4.62.